The molecule has 0 spiro atoms. The number of anilines is 1. The van der Waals surface area contributed by atoms with Gasteiger partial charge in [-0.05, 0) is 41.5 Å². The molecule has 3 amide bonds. The Morgan fingerprint density at radius 3 is 2.23 bits per heavy atom. The lowest BCUT2D eigenvalue weighted by atomic mass is 9.99. The minimum atomic E-state index is -0.928. The minimum absolute atomic E-state index is 0.0782. The maximum atomic E-state index is 13.5. The number of benzene rings is 3. The standard InChI is InChI=1S/C29H30Cl2N4O4/c30-23-11-10-22(26(31)15-23)19-35-17-20(14-27(36)37)16-34(29(35)39)18-21-6-4-5-9-25(21)28(38)33-13-12-32-24-7-2-1-3-8-24/h1-11,15,20,32H,12-14,16-19H2,(H,33,38)(H,36,37). The first-order valence-electron chi connectivity index (χ1n) is 12.6. The molecule has 0 radical (unpaired) electrons. The van der Waals surface area contributed by atoms with Crippen molar-refractivity contribution in [1.29, 1.82) is 0 Å². The van der Waals surface area contributed by atoms with E-state index in [1.807, 2.05) is 42.5 Å². The maximum absolute atomic E-state index is 13.5. The Hall–Kier alpha value is -3.75. The number of carboxylic acids is 1. The summed E-state index contributed by atoms with van der Waals surface area (Å²) in [4.78, 5) is 41.2. The van der Waals surface area contributed by atoms with Crippen LogP contribution in [0.1, 0.15) is 27.9 Å². The molecule has 0 bridgehead atoms. The van der Waals surface area contributed by atoms with Gasteiger partial charge in [-0.3, -0.25) is 9.59 Å². The van der Waals surface area contributed by atoms with Gasteiger partial charge in [0.15, 0.2) is 0 Å². The Bertz CT molecular complexity index is 1320. The molecule has 0 aliphatic carbocycles. The molecular formula is C29H30Cl2N4O4. The largest absolute Gasteiger partial charge is 0.481 e. The smallest absolute Gasteiger partial charge is 0.320 e. The van der Waals surface area contributed by atoms with E-state index in [2.05, 4.69) is 10.6 Å². The van der Waals surface area contributed by atoms with Crippen LogP contribution in [0.5, 0.6) is 0 Å². The van der Waals surface area contributed by atoms with Crippen molar-refractivity contribution >= 4 is 46.8 Å². The predicted octanol–water partition coefficient (Wildman–Crippen LogP) is 5.36. The highest BCUT2D eigenvalue weighted by Crippen LogP contribution is 2.27. The van der Waals surface area contributed by atoms with Crippen molar-refractivity contribution in [3.63, 3.8) is 0 Å². The topological polar surface area (TPSA) is 102 Å². The first kappa shape index (κ1) is 28.3. The molecule has 1 atom stereocenters. The molecule has 1 heterocycles. The molecule has 1 aliphatic heterocycles. The summed E-state index contributed by atoms with van der Waals surface area (Å²) in [6, 6.07) is 21.7. The first-order valence-corrected chi connectivity index (χ1v) is 13.4. The van der Waals surface area contributed by atoms with E-state index in [0.717, 1.165) is 5.69 Å². The van der Waals surface area contributed by atoms with Crippen molar-refractivity contribution in [3.8, 4) is 0 Å². The van der Waals surface area contributed by atoms with Crippen LogP contribution in [0.3, 0.4) is 0 Å². The van der Waals surface area contributed by atoms with Gasteiger partial charge >= 0.3 is 12.0 Å². The van der Waals surface area contributed by atoms with E-state index in [1.54, 1.807) is 40.1 Å². The maximum Gasteiger partial charge on any atom is 0.320 e. The number of para-hydroxylation sites is 1. The average molecular weight is 569 g/mol. The third kappa shape index (κ3) is 7.88. The minimum Gasteiger partial charge on any atom is -0.481 e. The first-order chi connectivity index (χ1) is 18.8. The Morgan fingerprint density at radius 2 is 1.54 bits per heavy atom. The highest BCUT2D eigenvalue weighted by Gasteiger charge is 2.33. The number of nitrogens with one attached hydrogen (secondary N) is 2. The summed E-state index contributed by atoms with van der Waals surface area (Å²) in [6.45, 7) is 1.93. The second-order valence-corrected chi connectivity index (χ2v) is 10.3. The van der Waals surface area contributed by atoms with E-state index >= 15 is 0 Å². The molecule has 1 saturated heterocycles. The predicted molar refractivity (Wildman–Crippen MR) is 152 cm³/mol. The normalized spacial score (nSPS) is 15.2. The number of urea groups is 1. The van der Waals surface area contributed by atoms with Gasteiger partial charge in [0.2, 0.25) is 0 Å². The second kappa shape index (κ2) is 13.4. The molecule has 3 aromatic carbocycles. The summed E-state index contributed by atoms with van der Waals surface area (Å²) in [5, 5.41) is 16.5. The molecule has 39 heavy (non-hydrogen) atoms. The summed E-state index contributed by atoms with van der Waals surface area (Å²) in [5.74, 6) is -1.45. The number of aliphatic carboxylic acids is 1. The van der Waals surface area contributed by atoms with Crippen LogP contribution in [-0.4, -0.2) is 59.0 Å². The van der Waals surface area contributed by atoms with Gasteiger partial charge < -0.3 is 25.5 Å². The lowest BCUT2D eigenvalue weighted by molar-refractivity contribution is -0.138. The molecular weight excluding hydrogens is 539 g/mol. The highest BCUT2D eigenvalue weighted by molar-refractivity contribution is 6.35. The lowest BCUT2D eigenvalue weighted by Crippen LogP contribution is -2.53. The Morgan fingerprint density at radius 1 is 0.872 bits per heavy atom. The van der Waals surface area contributed by atoms with Gasteiger partial charge in [0.05, 0.1) is 6.42 Å². The van der Waals surface area contributed by atoms with Crippen molar-refractivity contribution in [2.45, 2.75) is 19.5 Å². The quantitative estimate of drug-likeness (QED) is 0.270. The van der Waals surface area contributed by atoms with Crippen LogP contribution in [0, 0.1) is 5.92 Å². The van der Waals surface area contributed by atoms with E-state index in [0.29, 0.717) is 39.8 Å². The number of rotatable bonds is 11. The number of carbonyl (C=O) groups is 3. The molecule has 0 saturated carbocycles. The number of hydrogen-bond acceptors (Lipinski definition) is 4. The lowest BCUT2D eigenvalue weighted by Gasteiger charge is -2.40. The average Bonchev–Trinajstić information content (AvgIpc) is 2.91. The van der Waals surface area contributed by atoms with Gasteiger partial charge in [-0.15, -0.1) is 0 Å². The second-order valence-electron chi connectivity index (χ2n) is 9.45. The SMILES string of the molecule is O=C(O)CC1CN(Cc2ccc(Cl)cc2Cl)C(=O)N(Cc2ccccc2C(=O)NCCNc2ccccc2)C1. The van der Waals surface area contributed by atoms with E-state index in [-0.39, 0.29) is 50.5 Å². The molecule has 1 aliphatic rings. The van der Waals surface area contributed by atoms with Crippen LogP contribution in [0.2, 0.25) is 10.0 Å². The number of carbonyl (C=O) groups excluding carboxylic acids is 2. The fraction of sp³-hybridized carbons (Fsp3) is 0.276. The van der Waals surface area contributed by atoms with Gasteiger partial charge in [0, 0.05) is 66.5 Å². The highest BCUT2D eigenvalue weighted by atomic mass is 35.5. The molecule has 3 N–H and O–H groups in total. The summed E-state index contributed by atoms with van der Waals surface area (Å²) in [7, 11) is 0. The van der Waals surface area contributed by atoms with Crippen LogP contribution >= 0.6 is 23.2 Å². The van der Waals surface area contributed by atoms with Crippen LogP contribution < -0.4 is 10.6 Å². The van der Waals surface area contributed by atoms with E-state index in [9.17, 15) is 19.5 Å². The Labute approximate surface area is 237 Å². The van der Waals surface area contributed by atoms with Crippen LogP contribution in [-0.2, 0) is 17.9 Å². The zero-order valence-electron chi connectivity index (χ0n) is 21.3. The molecule has 10 heteroatoms. The van der Waals surface area contributed by atoms with Crippen LogP contribution in [0.4, 0.5) is 10.5 Å². The van der Waals surface area contributed by atoms with Gasteiger partial charge in [-0.25, -0.2) is 4.79 Å². The molecule has 4 rings (SSSR count). The summed E-state index contributed by atoms with van der Waals surface area (Å²) in [5.41, 5.74) is 2.84. The molecule has 8 nitrogen and oxygen atoms in total. The Balaban J connectivity index is 1.45. The van der Waals surface area contributed by atoms with Gasteiger partial charge in [-0.1, -0.05) is 65.7 Å². The summed E-state index contributed by atoms with van der Waals surface area (Å²) in [6.07, 6.45) is -0.0782. The number of halogens is 2. The summed E-state index contributed by atoms with van der Waals surface area (Å²) < 4.78 is 0. The zero-order valence-corrected chi connectivity index (χ0v) is 22.8. The third-order valence-corrected chi connectivity index (χ3v) is 7.06. The van der Waals surface area contributed by atoms with Crippen molar-refractivity contribution in [2.75, 3.05) is 31.5 Å². The van der Waals surface area contributed by atoms with Gasteiger partial charge in [0.25, 0.3) is 5.91 Å². The Kier molecular flexibility index (Phi) is 9.68. The van der Waals surface area contributed by atoms with Gasteiger partial charge in [-0.2, -0.15) is 0 Å². The summed E-state index contributed by atoms with van der Waals surface area (Å²) >= 11 is 12.4. The molecule has 204 valence electrons. The van der Waals surface area contributed by atoms with E-state index in [4.69, 9.17) is 23.2 Å². The molecule has 3 aromatic rings. The number of nitrogens with zero attached hydrogens (tertiary/aromatic N) is 2. The van der Waals surface area contributed by atoms with E-state index in [1.165, 1.54) is 0 Å². The van der Waals surface area contributed by atoms with Crippen molar-refractivity contribution in [1.82, 2.24) is 15.1 Å². The number of hydrogen-bond donors (Lipinski definition) is 3. The van der Waals surface area contributed by atoms with Crippen molar-refractivity contribution in [2.24, 2.45) is 5.92 Å². The fourth-order valence-electron chi connectivity index (χ4n) is 4.65. The number of carboxylic acid groups (broad SMARTS) is 1. The van der Waals surface area contributed by atoms with Gasteiger partial charge in [0.1, 0.15) is 0 Å². The van der Waals surface area contributed by atoms with Crippen molar-refractivity contribution in [3.05, 3.63) is 99.5 Å². The van der Waals surface area contributed by atoms with Crippen LogP contribution in [0.25, 0.3) is 0 Å². The fourth-order valence-corrected chi connectivity index (χ4v) is 5.12. The molecule has 1 unspecified atom stereocenters. The third-order valence-electron chi connectivity index (χ3n) is 6.47. The zero-order chi connectivity index (χ0) is 27.8. The number of amides is 3. The van der Waals surface area contributed by atoms with Crippen molar-refractivity contribution < 1.29 is 19.5 Å². The molecule has 1 fully saturated rings. The monoisotopic (exact) mass is 568 g/mol. The molecule has 0 aromatic heterocycles. The van der Waals surface area contributed by atoms with E-state index < -0.39 is 5.97 Å². The van der Waals surface area contributed by atoms with Crippen LogP contribution in [0.15, 0.2) is 72.8 Å².